The lowest BCUT2D eigenvalue weighted by Gasteiger charge is -2.19. The van der Waals surface area contributed by atoms with Crippen LogP contribution in [-0.2, 0) is 16.0 Å². The first kappa shape index (κ1) is 26.0. The lowest BCUT2D eigenvalue weighted by Crippen LogP contribution is -2.41. The molecule has 0 saturated heterocycles. The summed E-state index contributed by atoms with van der Waals surface area (Å²) in [5.41, 5.74) is 8.15. The van der Waals surface area contributed by atoms with Crippen molar-refractivity contribution in [2.75, 3.05) is 32.6 Å². The van der Waals surface area contributed by atoms with E-state index in [1.165, 1.54) is 0 Å². The van der Waals surface area contributed by atoms with Crippen molar-refractivity contribution in [1.29, 1.82) is 5.41 Å². The van der Waals surface area contributed by atoms with Gasteiger partial charge in [-0.2, -0.15) is 0 Å². The molecule has 2 amide bonds. The van der Waals surface area contributed by atoms with Crippen molar-refractivity contribution in [1.82, 2.24) is 15.6 Å². The van der Waals surface area contributed by atoms with Gasteiger partial charge in [-0.15, -0.1) is 0 Å². The Morgan fingerprint density at radius 1 is 1.00 bits per heavy atom. The molecule has 0 fully saturated rings. The summed E-state index contributed by atoms with van der Waals surface area (Å²) in [5.74, 6) is 0.439. The number of hydrogen-bond acceptors (Lipinski definition) is 7. The van der Waals surface area contributed by atoms with E-state index < -0.39 is 11.9 Å². The van der Waals surface area contributed by atoms with E-state index in [0.29, 0.717) is 41.4 Å². The Labute approximate surface area is 209 Å². The smallest absolute Gasteiger partial charge is 0.249 e. The number of pyridine rings is 1. The van der Waals surface area contributed by atoms with Crippen molar-refractivity contribution in [3.63, 3.8) is 0 Å². The van der Waals surface area contributed by atoms with Crippen molar-refractivity contribution < 1.29 is 19.1 Å². The zero-order valence-corrected chi connectivity index (χ0v) is 20.2. The van der Waals surface area contributed by atoms with Crippen LogP contribution in [0.5, 0.6) is 11.5 Å². The van der Waals surface area contributed by atoms with Gasteiger partial charge in [-0.3, -0.25) is 20.0 Å². The van der Waals surface area contributed by atoms with Gasteiger partial charge in [0.2, 0.25) is 11.8 Å². The monoisotopic (exact) mass is 490 g/mol. The molecule has 188 valence electrons. The van der Waals surface area contributed by atoms with Crippen molar-refractivity contribution in [3.8, 4) is 11.5 Å². The average Bonchev–Trinajstić information content (AvgIpc) is 2.90. The highest BCUT2D eigenvalue weighted by atomic mass is 16.5. The molecule has 36 heavy (non-hydrogen) atoms. The number of carbonyl (C=O) groups is 2. The van der Waals surface area contributed by atoms with Crippen LogP contribution in [0.2, 0.25) is 0 Å². The Bertz CT molecular complexity index is 1200. The molecule has 0 aliphatic heterocycles. The number of amides is 2. The van der Waals surface area contributed by atoms with Gasteiger partial charge in [-0.25, -0.2) is 0 Å². The highest BCUT2D eigenvalue weighted by molar-refractivity contribution is 5.96. The maximum atomic E-state index is 13.0. The lowest BCUT2D eigenvalue weighted by molar-refractivity contribution is -0.126. The van der Waals surface area contributed by atoms with Gasteiger partial charge in [0.15, 0.2) is 11.5 Å². The number of ether oxygens (including phenoxy) is 2. The highest BCUT2D eigenvalue weighted by Gasteiger charge is 2.22. The molecule has 0 spiro atoms. The van der Waals surface area contributed by atoms with Gasteiger partial charge >= 0.3 is 0 Å². The molecule has 1 unspecified atom stereocenters. The molecule has 0 aliphatic rings. The fourth-order valence-electron chi connectivity index (χ4n) is 3.48. The second-order valence-electron chi connectivity index (χ2n) is 7.83. The lowest BCUT2D eigenvalue weighted by atomic mass is 10.1. The predicted molar refractivity (Wildman–Crippen MR) is 137 cm³/mol. The summed E-state index contributed by atoms with van der Waals surface area (Å²) in [6, 6.07) is 16.8. The summed E-state index contributed by atoms with van der Waals surface area (Å²) in [4.78, 5) is 29.6. The number of hydrogen-bond donors (Lipinski definition) is 5. The Kier molecular flexibility index (Phi) is 9.21. The van der Waals surface area contributed by atoms with E-state index >= 15 is 0 Å². The summed E-state index contributed by atoms with van der Waals surface area (Å²) >= 11 is 0. The number of nitrogen functional groups attached to an aromatic ring is 1. The minimum atomic E-state index is -0.854. The minimum Gasteiger partial charge on any atom is -0.493 e. The number of benzene rings is 2. The molecular weight excluding hydrogens is 460 g/mol. The summed E-state index contributed by atoms with van der Waals surface area (Å²) in [7, 11) is 3.14. The first-order chi connectivity index (χ1) is 17.4. The van der Waals surface area contributed by atoms with Crippen LogP contribution in [0.3, 0.4) is 0 Å². The highest BCUT2D eigenvalue weighted by Crippen LogP contribution is 2.27. The van der Waals surface area contributed by atoms with Gasteiger partial charge in [0, 0.05) is 24.0 Å². The van der Waals surface area contributed by atoms with Gasteiger partial charge in [-0.05, 0) is 48.4 Å². The van der Waals surface area contributed by atoms with Gasteiger partial charge in [0.1, 0.15) is 11.9 Å². The quantitative estimate of drug-likeness (QED) is 0.192. The summed E-state index contributed by atoms with van der Waals surface area (Å²) in [6.07, 6.45) is 2.18. The first-order valence-electron chi connectivity index (χ1n) is 11.3. The van der Waals surface area contributed by atoms with Crippen molar-refractivity contribution in [3.05, 3.63) is 83.7 Å². The summed E-state index contributed by atoms with van der Waals surface area (Å²) in [5, 5.41) is 16.2. The molecule has 3 rings (SSSR count). The topological polar surface area (TPSA) is 151 Å². The summed E-state index contributed by atoms with van der Waals surface area (Å²) < 4.78 is 10.5. The molecule has 10 nitrogen and oxygen atoms in total. The number of anilines is 1. The number of carbonyl (C=O) groups excluding carboxylic acids is 2. The van der Waals surface area contributed by atoms with Crippen LogP contribution in [0, 0.1) is 5.41 Å². The Balaban J connectivity index is 1.57. The Hall–Kier alpha value is -4.60. The molecule has 0 bridgehead atoms. The number of amidine groups is 1. The number of nitrogens with two attached hydrogens (primary N) is 1. The van der Waals surface area contributed by atoms with Crippen molar-refractivity contribution in [2.24, 2.45) is 5.73 Å². The number of nitrogens with zero attached hydrogens (tertiary/aromatic N) is 1. The number of methoxy groups -OCH3 is 2. The van der Waals surface area contributed by atoms with Crippen LogP contribution in [0.1, 0.15) is 22.9 Å². The molecular formula is C26H30N6O4. The van der Waals surface area contributed by atoms with Gasteiger partial charge < -0.3 is 31.2 Å². The molecule has 1 atom stereocenters. The maximum absolute atomic E-state index is 13.0. The fraction of sp³-hybridized carbons (Fsp3) is 0.231. The number of aromatic nitrogens is 1. The third-order valence-electron chi connectivity index (χ3n) is 5.34. The van der Waals surface area contributed by atoms with E-state index in [-0.39, 0.29) is 18.3 Å². The third-order valence-corrected chi connectivity index (χ3v) is 5.34. The second-order valence-corrected chi connectivity index (χ2v) is 7.83. The maximum Gasteiger partial charge on any atom is 0.249 e. The third kappa shape index (κ3) is 7.20. The van der Waals surface area contributed by atoms with E-state index in [0.717, 1.165) is 5.56 Å². The van der Waals surface area contributed by atoms with Gasteiger partial charge in [-0.1, -0.05) is 24.3 Å². The molecule has 0 saturated carbocycles. The zero-order valence-electron chi connectivity index (χ0n) is 20.2. The van der Waals surface area contributed by atoms with Gasteiger partial charge in [0.25, 0.3) is 0 Å². The van der Waals surface area contributed by atoms with Crippen LogP contribution in [0.25, 0.3) is 0 Å². The fourth-order valence-corrected chi connectivity index (χ4v) is 3.48. The molecule has 10 heteroatoms. The van der Waals surface area contributed by atoms with Crippen LogP contribution in [-0.4, -0.2) is 49.9 Å². The number of rotatable bonds is 12. The largest absolute Gasteiger partial charge is 0.493 e. The Morgan fingerprint density at radius 2 is 1.81 bits per heavy atom. The van der Waals surface area contributed by atoms with E-state index in [1.54, 1.807) is 62.9 Å². The van der Waals surface area contributed by atoms with E-state index in [1.807, 2.05) is 18.2 Å². The molecule has 0 aliphatic carbocycles. The number of nitrogens with one attached hydrogen (secondary N) is 4. The zero-order chi connectivity index (χ0) is 25.9. The molecule has 1 heterocycles. The van der Waals surface area contributed by atoms with E-state index in [9.17, 15) is 9.59 Å². The Morgan fingerprint density at radius 3 is 2.50 bits per heavy atom. The van der Waals surface area contributed by atoms with E-state index in [4.69, 9.17) is 20.6 Å². The SMILES string of the molecule is COc1ccc(CCNC(=O)CNC(=O)C(Nc2cccc(C(=N)N)c2)c2ccccn2)cc1OC. The second kappa shape index (κ2) is 12.7. The normalized spacial score (nSPS) is 11.2. The van der Waals surface area contributed by atoms with Crippen LogP contribution < -0.4 is 31.2 Å². The molecule has 1 aromatic heterocycles. The predicted octanol–water partition coefficient (Wildman–Crippen LogP) is 2.01. The van der Waals surface area contributed by atoms with Crippen LogP contribution >= 0.6 is 0 Å². The summed E-state index contributed by atoms with van der Waals surface area (Å²) in [6.45, 7) is 0.202. The van der Waals surface area contributed by atoms with Crippen molar-refractivity contribution in [2.45, 2.75) is 12.5 Å². The molecule has 3 aromatic rings. The first-order valence-corrected chi connectivity index (χ1v) is 11.3. The van der Waals surface area contributed by atoms with E-state index in [2.05, 4.69) is 20.9 Å². The van der Waals surface area contributed by atoms with Crippen molar-refractivity contribution >= 4 is 23.3 Å². The average molecular weight is 491 g/mol. The minimum absolute atomic E-state index is 0.0813. The van der Waals surface area contributed by atoms with Crippen LogP contribution in [0.4, 0.5) is 5.69 Å². The standard InChI is InChI=1S/C26H30N6O4/c1-35-21-10-9-17(14-22(21)36-2)11-13-30-23(33)16-31-26(34)24(20-8-3-4-12-29-20)32-19-7-5-6-18(15-19)25(27)28/h3-10,12,14-15,24,32H,11,13,16H2,1-2H3,(H3,27,28)(H,30,33)(H,31,34). The molecule has 6 N–H and O–H groups in total. The van der Waals surface area contributed by atoms with Crippen LogP contribution in [0.15, 0.2) is 66.9 Å². The van der Waals surface area contributed by atoms with Gasteiger partial charge in [0.05, 0.1) is 26.5 Å². The molecule has 2 aromatic carbocycles. The molecule has 0 radical (unpaired) electrons.